The molecule has 1 aromatic heterocycles. The highest BCUT2D eigenvalue weighted by atomic mass is 32.2. The predicted molar refractivity (Wildman–Crippen MR) is 105 cm³/mol. The summed E-state index contributed by atoms with van der Waals surface area (Å²) in [5.41, 5.74) is 4.58. The molecule has 2 amide bonds. The van der Waals surface area contributed by atoms with Gasteiger partial charge >= 0.3 is 12.2 Å². The summed E-state index contributed by atoms with van der Waals surface area (Å²) in [7, 11) is -3.63. The first-order valence-electron chi connectivity index (χ1n) is 8.53. The average molecular weight is 452 g/mol. The van der Waals surface area contributed by atoms with E-state index in [4.69, 9.17) is 10.5 Å². The van der Waals surface area contributed by atoms with Gasteiger partial charge in [-0.3, -0.25) is 4.90 Å². The van der Waals surface area contributed by atoms with Crippen LogP contribution >= 0.6 is 0 Å². The molecule has 12 heteroatoms. The number of carbonyl (C=O) groups is 1. The number of sulfone groups is 1. The smallest absolute Gasteiger partial charge is 0.416 e. The third-order valence-electron chi connectivity index (χ3n) is 3.91. The maximum absolute atomic E-state index is 13.0. The molecule has 1 heterocycles. The fraction of sp³-hybridized carbons (Fsp3) is 0.105. The molecule has 0 aliphatic carbocycles. The van der Waals surface area contributed by atoms with Gasteiger partial charge in [0.25, 0.3) is 0 Å². The Balaban J connectivity index is 1.88. The molecule has 0 aliphatic heterocycles. The van der Waals surface area contributed by atoms with Gasteiger partial charge in [0.05, 0.1) is 16.9 Å². The van der Waals surface area contributed by atoms with Crippen molar-refractivity contribution < 1.29 is 31.1 Å². The van der Waals surface area contributed by atoms with E-state index in [1.54, 1.807) is 0 Å². The van der Waals surface area contributed by atoms with Crippen LogP contribution in [0.5, 0.6) is 11.6 Å². The van der Waals surface area contributed by atoms with Gasteiger partial charge in [-0.25, -0.2) is 18.2 Å². The molecule has 0 saturated carbocycles. The van der Waals surface area contributed by atoms with Crippen molar-refractivity contribution in [3.8, 4) is 11.6 Å². The van der Waals surface area contributed by atoms with Crippen molar-refractivity contribution in [1.82, 2.24) is 9.97 Å². The van der Waals surface area contributed by atoms with Crippen molar-refractivity contribution in [1.29, 1.82) is 0 Å². The number of amides is 2. The van der Waals surface area contributed by atoms with Gasteiger partial charge in [-0.05, 0) is 42.5 Å². The first-order valence-corrected chi connectivity index (χ1v) is 10.4. The van der Waals surface area contributed by atoms with Gasteiger partial charge in [-0.1, -0.05) is 6.07 Å². The molecular weight excluding hydrogens is 437 g/mol. The molecule has 31 heavy (non-hydrogen) atoms. The van der Waals surface area contributed by atoms with Crippen LogP contribution in [0.3, 0.4) is 0 Å². The normalized spacial score (nSPS) is 11.7. The number of aromatic nitrogens is 2. The molecule has 0 fully saturated rings. The quantitative estimate of drug-likeness (QED) is 0.587. The van der Waals surface area contributed by atoms with E-state index >= 15 is 0 Å². The molecule has 0 bridgehead atoms. The van der Waals surface area contributed by atoms with Crippen LogP contribution in [0.15, 0.2) is 66.0 Å². The summed E-state index contributed by atoms with van der Waals surface area (Å²) in [6.07, 6.45) is -2.41. The molecule has 0 aliphatic rings. The van der Waals surface area contributed by atoms with Crippen LogP contribution in [0.4, 0.5) is 29.3 Å². The number of alkyl halides is 3. The molecule has 162 valence electrons. The number of nitrogens with two attached hydrogens (primary N) is 1. The zero-order valence-corrected chi connectivity index (χ0v) is 16.7. The zero-order valence-electron chi connectivity index (χ0n) is 15.9. The monoisotopic (exact) mass is 452 g/mol. The molecular formula is C19H15F3N4O4S. The van der Waals surface area contributed by atoms with E-state index in [0.29, 0.717) is 0 Å². The SMILES string of the molecule is CS(=O)(=O)c1nccc(Oc2ccc(N(C(N)=O)c3cccc(C(F)(F)F)c3)cc2)n1. The summed E-state index contributed by atoms with van der Waals surface area (Å²) in [5, 5.41) is -0.411. The van der Waals surface area contributed by atoms with Crippen LogP contribution in [0.2, 0.25) is 0 Å². The molecule has 0 saturated heterocycles. The van der Waals surface area contributed by atoms with Crippen molar-refractivity contribution >= 4 is 27.2 Å². The highest BCUT2D eigenvalue weighted by Gasteiger charge is 2.31. The Bertz CT molecular complexity index is 1220. The fourth-order valence-corrected chi connectivity index (χ4v) is 3.08. The number of carbonyl (C=O) groups excluding carboxylic acids is 1. The molecule has 0 unspecified atom stereocenters. The van der Waals surface area contributed by atoms with Crippen molar-refractivity contribution in [2.24, 2.45) is 5.73 Å². The average Bonchev–Trinajstić information content (AvgIpc) is 2.68. The van der Waals surface area contributed by atoms with E-state index in [1.165, 1.54) is 48.7 Å². The number of ether oxygens (including phenoxy) is 1. The minimum absolute atomic E-state index is 0.0344. The van der Waals surface area contributed by atoms with E-state index in [-0.39, 0.29) is 23.0 Å². The molecule has 2 aromatic carbocycles. The third-order valence-corrected chi connectivity index (χ3v) is 4.77. The largest absolute Gasteiger partial charge is 0.439 e. The van der Waals surface area contributed by atoms with Crippen LogP contribution in [0, 0.1) is 0 Å². The number of hydrogen-bond acceptors (Lipinski definition) is 6. The number of hydrogen-bond donors (Lipinski definition) is 1. The second-order valence-electron chi connectivity index (χ2n) is 6.27. The molecule has 0 spiro atoms. The van der Waals surface area contributed by atoms with Crippen molar-refractivity contribution in [3.63, 3.8) is 0 Å². The Morgan fingerprint density at radius 3 is 2.32 bits per heavy atom. The molecule has 0 radical (unpaired) electrons. The molecule has 3 rings (SSSR count). The number of urea groups is 1. The van der Waals surface area contributed by atoms with Crippen LogP contribution in [-0.2, 0) is 16.0 Å². The lowest BCUT2D eigenvalue weighted by atomic mass is 10.1. The summed E-state index contributed by atoms with van der Waals surface area (Å²) in [4.78, 5) is 20.3. The Labute approximate surface area is 175 Å². The van der Waals surface area contributed by atoms with Crippen molar-refractivity contribution in [2.45, 2.75) is 11.3 Å². The Morgan fingerprint density at radius 2 is 1.74 bits per heavy atom. The maximum Gasteiger partial charge on any atom is 0.416 e. The second-order valence-corrected chi connectivity index (χ2v) is 8.18. The lowest BCUT2D eigenvalue weighted by Gasteiger charge is -2.22. The van der Waals surface area contributed by atoms with Crippen LogP contribution < -0.4 is 15.4 Å². The minimum Gasteiger partial charge on any atom is -0.439 e. The van der Waals surface area contributed by atoms with Gasteiger partial charge in [0.2, 0.25) is 20.9 Å². The lowest BCUT2D eigenvalue weighted by Crippen LogP contribution is -2.31. The first kappa shape index (κ1) is 22.0. The molecule has 2 N–H and O–H groups in total. The third kappa shape index (κ3) is 5.28. The number of rotatable bonds is 5. The van der Waals surface area contributed by atoms with Crippen LogP contribution in [0.1, 0.15) is 5.56 Å². The van der Waals surface area contributed by atoms with Crippen molar-refractivity contribution in [2.75, 3.05) is 11.2 Å². The van der Waals surface area contributed by atoms with Gasteiger partial charge in [-0.2, -0.15) is 18.2 Å². The van der Waals surface area contributed by atoms with E-state index in [0.717, 1.165) is 23.3 Å². The maximum atomic E-state index is 13.0. The van der Waals surface area contributed by atoms with Gasteiger partial charge in [-0.15, -0.1) is 0 Å². The number of anilines is 2. The highest BCUT2D eigenvalue weighted by Crippen LogP contribution is 2.34. The summed E-state index contributed by atoms with van der Waals surface area (Å²) in [6, 6.07) is 10.2. The van der Waals surface area contributed by atoms with E-state index in [9.17, 15) is 26.4 Å². The van der Waals surface area contributed by atoms with E-state index in [1.807, 2.05) is 0 Å². The van der Waals surface area contributed by atoms with Gasteiger partial charge < -0.3 is 10.5 Å². The Kier molecular flexibility index (Phi) is 5.84. The standard InChI is InChI=1S/C19H15F3N4O4S/c1-31(28,29)18-24-10-9-16(25-18)30-15-7-5-13(6-8-15)26(17(23)27)14-4-2-3-12(11-14)19(20,21)22/h2-11H,1H3,(H2,23,27). The van der Waals surface area contributed by atoms with Crippen molar-refractivity contribution in [3.05, 3.63) is 66.4 Å². The van der Waals surface area contributed by atoms with Gasteiger partial charge in [0.1, 0.15) is 5.75 Å². The Morgan fingerprint density at radius 1 is 1.06 bits per heavy atom. The number of nitrogens with zero attached hydrogens (tertiary/aromatic N) is 3. The fourth-order valence-electron chi connectivity index (χ4n) is 2.57. The number of halogens is 3. The molecule has 3 aromatic rings. The predicted octanol–water partition coefficient (Wildman–Crippen LogP) is 3.91. The van der Waals surface area contributed by atoms with E-state index in [2.05, 4.69) is 9.97 Å². The molecule has 0 atom stereocenters. The van der Waals surface area contributed by atoms with Gasteiger partial charge in [0, 0.05) is 18.5 Å². The highest BCUT2D eigenvalue weighted by molar-refractivity contribution is 7.90. The lowest BCUT2D eigenvalue weighted by molar-refractivity contribution is -0.137. The number of benzene rings is 2. The first-order chi connectivity index (χ1) is 14.4. The summed E-state index contributed by atoms with van der Waals surface area (Å²) < 4.78 is 67.6. The Hall–Kier alpha value is -3.67. The van der Waals surface area contributed by atoms with Crippen LogP contribution in [-0.4, -0.2) is 30.7 Å². The second kappa shape index (κ2) is 8.22. The topological polar surface area (TPSA) is 115 Å². The zero-order chi connectivity index (χ0) is 22.8. The summed E-state index contributed by atoms with van der Waals surface area (Å²) >= 11 is 0. The summed E-state index contributed by atoms with van der Waals surface area (Å²) in [5.74, 6) is 0.197. The number of primary amides is 1. The van der Waals surface area contributed by atoms with E-state index < -0.39 is 32.8 Å². The van der Waals surface area contributed by atoms with Crippen LogP contribution in [0.25, 0.3) is 0 Å². The summed E-state index contributed by atoms with van der Waals surface area (Å²) in [6.45, 7) is 0. The minimum atomic E-state index is -4.58. The van der Waals surface area contributed by atoms with Gasteiger partial charge in [0.15, 0.2) is 0 Å². The molecule has 8 nitrogen and oxygen atoms in total.